The molecule has 0 radical (unpaired) electrons. The van der Waals surface area contributed by atoms with Gasteiger partial charge in [-0.25, -0.2) is 0 Å². The number of nitrogens with zero attached hydrogens (tertiary/aromatic N) is 2. The van der Waals surface area contributed by atoms with Gasteiger partial charge in [0.15, 0.2) is 0 Å². The molecule has 0 saturated carbocycles. The molecule has 1 amide bonds. The highest BCUT2D eigenvalue weighted by atomic mass is 32.2. The summed E-state index contributed by atoms with van der Waals surface area (Å²) in [5.74, 6) is 0.513. The van der Waals surface area contributed by atoms with Gasteiger partial charge in [-0.15, -0.1) is 0 Å². The monoisotopic (exact) mass is 326 g/mol. The Morgan fingerprint density at radius 2 is 2.23 bits per heavy atom. The van der Waals surface area contributed by atoms with E-state index in [4.69, 9.17) is 0 Å². The van der Waals surface area contributed by atoms with Gasteiger partial charge in [0, 0.05) is 42.9 Å². The summed E-state index contributed by atoms with van der Waals surface area (Å²) in [5.41, 5.74) is 0.628. The summed E-state index contributed by atoms with van der Waals surface area (Å²) >= 11 is 1.90. The zero-order valence-corrected chi connectivity index (χ0v) is 13.4. The van der Waals surface area contributed by atoms with Crippen molar-refractivity contribution in [2.75, 3.05) is 31.1 Å². The first-order valence-electron chi connectivity index (χ1n) is 7.40. The fraction of sp³-hybridized carbons (Fsp3) is 0.643. The second kappa shape index (κ2) is 8.19. The molecule has 0 aliphatic carbocycles. The summed E-state index contributed by atoms with van der Waals surface area (Å²) < 4.78 is 0. The van der Waals surface area contributed by atoms with Crippen LogP contribution in [0.4, 0.5) is 0 Å². The third-order valence-corrected chi connectivity index (χ3v) is 4.87. The second-order valence-electron chi connectivity index (χ2n) is 5.33. The Morgan fingerprint density at radius 3 is 2.82 bits per heavy atom. The second-order valence-corrected chi connectivity index (χ2v) is 6.55. The van der Waals surface area contributed by atoms with Gasteiger partial charge in [0.05, 0.1) is 18.2 Å². The highest BCUT2D eigenvalue weighted by Gasteiger charge is 2.24. The Balaban J connectivity index is 1.79. The van der Waals surface area contributed by atoms with Crippen LogP contribution in [0.5, 0.6) is 0 Å². The predicted molar refractivity (Wildman–Crippen MR) is 85.0 cm³/mol. The Hall–Kier alpha value is -1.54. The van der Waals surface area contributed by atoms with Gasteiger partial charge in [-0.05, 0) is 13.3 Å². The van der Waals surface area contributed by atoms with Crippen LogP contribution in [0.15, 0.2) is 12.4 Å². The third kappa shape index (κ3) is 4.48. The standard InChI is InChI=1S/C14H22N4O3S/c1-10(18-4-6-22-7-5-18)13(19)15-3-2-12(14(20)21)11-8-16-17-9-11/h8-10,12H,2-7H2,1H3,(H,15,19)(H,16,17)(H,20,21). The number of H-pyrrole nitrogens is 1. The minimum absolute atomic E-state index is 0.0387. The van der Waals surface area contributed by atoms with Gasteiger partial charge >= 0.3 is 5.97 Å². The number of carbonyl (C=O) groups excluding carboxylic acids is 1. The molecule has 7 nitrogen and oxygen atoms in total. The number of carboxylic acid groups (broad SMARTS) is 1. The first kappa shape index (κ1) is 16.8. The van der Waals surface area contributed by atoms with Gasteiger partial charge < -0.3 is 10.4 Å². The van der Waals surface area contributed by atoms with Crippen LogP contribution in [-0.4, -0.2) is 69.3 Å². The number of carboxylic acids is 1. The Morgan fingerprint density at radius 1 is 1.50 bits per heavy atom. The van der Waals surface area contributed by atoms with Crippen molar-refractivity contribution in [1.82, 2.24) is 20.4 Å². The molecule has 3 N–H and O–H groups in total. The molecule has 1 aliphatic heterocycles. The van der Waals surface area contributed by atoms with Crippen LogP contribution in [0, 0.1) is 0 Å². The number of amides is 1. The summed E-state index contributed by atoms with van der Waals surface area (Å²) in [6, 6.07) is -0.168. The van der Waals surface area contributed by atoms with E-state index >= 15 is 0 Å². The molecule has 1 aromatic heterocycles. The first-order chi connectivity index (χ1) is 10.6. The molecule has 2 unspecified atom stereocenters. The molecular weight excluding hydrogens is 304 g/mol. The summed E-state index contributed by atoms with van der Waals surface area (Å²) in [6.45, 7) is 4.09. The van der Waals surface area contributed by atoms with Crippen LogP contribution in [0.2, 0.25) is 0 Å². The molecule has 0 bridgehead atoms. The van der Waals surface area contributed by atoms with E-state index in [1.165, 1.54) is 6.20 Å². The van der Waals surface area contributed by atoms with Crippen molar-refractivity contribution in [3.05, 3.63) is 18.0 Å². The smallest absolute Gasteiger partial charge is 0.311 e. The van der Waals surface area contributed by atoms with Gasteiger partial charge in [-0.2, -0.15) is 16.9 Å². The Bertz CT molecular complexity index is 488. The normalized spacial score (nSPS) is 18.6. The number of aliphatic carboxylic acids is 1. The molecule has 2 rings (SSSR count). The maximum absolute atomic E-state index is 12.2. The van der Waals surface area contributed by atoms with Gasteiger partial charge in [0.25, 0.3) is 0 Å². The highest BCUT2D eigenvalue weighted by molar-refractivity contribution is 7.99. The Labute approximate surface area is 133 Å². The van der Waals surface area contributed by atoms with Crippen molar-refractivity contribution < 1.29 is 14.7 Å². The van der Waals surface area contributed by atoms with E-state index in [2.05, 4.69) is 20.4 Å². The summed E-state index contributed by atoms with van der Waals surface area (Å²) in [5, 5.41) is 18.5. The fourth-order valence-electron chi connectivity index (χ4n) is 2.50. The lowest BCUT2D eigenvalue weighted by molar-refractivity contribution is -0.139. The van der Waals surface area contributed by atoms with E-state index in [-0.39, 0.29) is 11.9 Å². The van der Waals surface area contributed by atoms with Crippen molar-refractivity contribution in [1.29, 1.82) is 0 Å². The lowest BCUT2D eigenvalue weighted by atomic mass is 9.99. The van der Waals surface area contributed by atoms with Crippen LogP contribution in [0.25, 0.3) is 0 Å². The summed E-state index contributed by atoms with van der Waals surface area (Å²) in [4.78, 5) is 25.6. The van der Waals surface area contributed by atoms with Crippen molar-refractivity contribution in [2.45, 2.75) is 25.3 Å². The number of nitrogens with one attached hydrogen (secondary N) is 2. The molecule has 22 heavy (non-hydrogen) atoms. The number of thioether (sulfide) groups is 1. The lowest BCUT2D eigenvalue weighted by Gasteiger charge is -2.31. The molecular formula is C14H22N4O3S. The number of hydrogen-bond acceptors (Lipinski definition) is 5. The molecule has 0 aromatic carbocycles. The molecule has 1 fully saturated rings. The number of hydrogen-bond donors (Lipinski definition) is 3. The molecule has 1 aliphatic rings. The molecule has 122 valence electrons. The van der Waals surface area contributed by atoms with E-state index < -0.39 is 11.9 Å². The molecule has 1 aromatic rings. The Kier molecular flexibility index (Phi) is 6.26. The number of aromatic amines is 1. The fourth-order valence-corrected chi connectivity index (χ4v) is 3.43. The molecule has 0 spiro atoms. The van der Waals surface area contributed by atoms with E-state index in [1.807, 2.05) is 18.7 Å². The van der Waals surface area contributed by atoms with Gasteiger partial charge in [0.1, 0.15) is 0 Å². The van der Waals surface area contributed by atoms with E-state index in [1.54, 1.807) is 6.20 Å². The zero-order chi connectivity index (χ0) is 15.9. The van der Waals surface area contributed by atoms with Gasteiger partial charge in [0.2, 0.25) is 5.91 Å². The highest BCUT2D eigenvalue weighted by Crippen LogP contribution is 2.18. The average molecular weight is 326 g/mol. The average Bonchev–Trinajstić information content (AvgIpc) is 3.05. The zero-order valence-electron chi connectivity index (χ0n) is 12.6. The molecule has 8 heteroatoms. The van der Waals surface area contributed by atoms with Crippen LogP contribution < -0.4 is 5.32 Å². The van der Waals surface area contributed by atoms with Crippen LogP contribution in [0.1, 0.15) is 24.8 Å². The number of aromatic nitrogens is 2. The maximum Gasteiger partial charge on any atom is 0.311 e. The SMILES string of the molecule is CC(C(=O)NCCC(C(=O)O)c1cn[nH]c1)N1CCSCC1. The molecule has 2 atom stereocenters. The minimum atomic E-state index is -0.906. The van der Waals surface area contributed by atoms with E-state index in [0.717, 1.165) is 24.6 Å². The maximum atomic E-state index is 12.2. The van der Waals surface area contributed by atoms with Crippen LogP contribution in [-0.2, 0) is 9.59 Å². The quantitative estimate of drug-likeness (QED) is 0.676. The first-order valence-corrected chi connectivity index (χ1v) is 8.56. The van der Waals surface area contributed by atoms with E-state index in [9.17, 15) is 14.7 Å². The number of rotatable bonds is 7. The third-order valence-electron chi connectivity index (χ3n) is 3.92. The van der Waals surface area contributed by atoms with Crippen molar-refractivity contribution in [3.63, 3.8) is 0 Å². The van der Waals surface area contributed by atoms with Crippen LogP contribution in [0.3, 0.4) is 0 Å². The van der Waals surface area contributed by atoms with Gasteiger partial charge in [-0.3, -0.25) is 19.6 Å². The minimum Gasteiger partial charge on any atom is -0.481 e. The molecule has 1 saturated heterocycles. The molecule has 2 heterocycles. The van der Waals surface area contributed by atoms with Gasteiger partial charge in [-0.1, -0.05) is 0 Å². The van der Waals surface area contributed by atoms with Crippen molar-refractivity contribution >= 4 is 23.6 Å². The predicted octanol–water partition coefficient (Wildman–Crippen LogP) is 0.522. The van der Waals surface area contributed by atoms with Crippen molar-refractivity contribution in [2.24, 2.45) is 0 Å². The van der Waals surface area contributed by atoms with E-state index in [0.29, 0.717) is 18.5 Å². The number of carbonyl (C=O) groups is 2. The lowest BCUT2D eigenvalue weighted by Crippen LogP contribution is -2.48. The summed E-state index contributed by atoms with van der Waals surface area (Å²) in [7, 11) is 0. The van der Waals surface area contributed by atoms with Crippen molar-refractivity contribution in [3.8, 4) is 0 Å². The summed E-state index contributed by atoms with van der Waals surface area (Å²) in [6.07, 6.45) is 3.44. The topological polar surface area (TPSA) is 98.3 Å². The largest absolute Gasteiger partial charge is 0.481 e. The van der Waals surface area contributed by atoms with Crippen LogP contribution >= 0.6 is 11.8 Å².